The Hall–Kier alpha value is -3.28. The third-order valence-corrected chi connectivity index (χ3v) is 5.14. The average molecular weight is 356 g/mol. The molecular formula is C21H20N6. The Morgan fingerprint density at radius 2 is 2.04 bits per heavy atom. The summed E-state index contributed by atoms with van der Waals surface area (Å²) in [6.07, 6.45) is 9.72. The maximum Gasteiger partial charge on any atom is 0.167 e. The molecule has 1 unspecified atom stereocenters. The molecule has 4 aromatic rings. The number of aromatic nitrogens is 5. The fourth-order valence-electron chi connectivity index (χ4n) is 3.93. The first-order valence-electron chi connectivity index (χ1n) is 9.24. The Labute approximate surface area is 157 Å². The number of rotatable bonds is 3. The lowest BCUT2D eigenvalue weighted by atomic mass is 10.1. The maximum atomic E-state index is 4.76. The van der Waals surface area contributed by atoms with Crippen LogP contribution in [0, 0.1) is 6.92 Å². The molecule has 5 rings (SSSR count). The van der Waals surface area contributed by atoms with E-state index in [1.54, 1.807) is 6.20 Å². The van der Waals surface area contributed by atoms with E-state index < -0.39 is 0 Å². The molecule has 0 saturated carbocycles. The first-order chi connectivity index (χ1) is 13.3. The van der Waals surface area contributed by atoms with Crippen molar-refractivity contribution >= 4 is 11.5 Å². The van der Waals surface area contributed by atoms with Crippen LogP contribution in [0.2, 0.25) is 0 Å². The molecule has 1 aliphatic heterocycles. The minimum absolute atomic E-state index is 0.311. The molecule has 1 atom stereocenters. The molecular weight excluding hydrogens is 336 g/mol. The van der Waals surface area contributed by atoms with Crippen molar-refractivity contribution in [3.63, 3.8) is 0 Å². The number of hydrogen-bond acceptors (Lipinski definition) is 5. The van der Waals surface area contributed by atoms with E-state index in [2.05, 4.69) is 32.1 Å². The van der Waals surface area contributed by atoms with E-state index in [1.807, 2.05) is 54.3 Å². The molecule has 0 aliphatic carbocycles. The minimum atomic E-state index is 0.311. The molecule has 4 aromatic heterocycles. The fraction of sp³-hybridized carbons (Fsp3) is 0.238. The van der Waals surface area contributed by atoms with Gasteiger partial charge in [0.15, 0.2) is 5.65 Å². The molecule has 0 amide bonds. The first kappa shape index (κ1) is 15.9. The van der Waals surface area contributed by atoms with Crippen molar-refractivity contribution in [2.45, 2.75) is 25.8 Å². The van der Waals surface area contributed by atoms with Gasteiger partial charge in [0, 0.05) is 36.9 Å². The topological polar surface area (TPSA) is 59.2 Å². The third kappa shape index (κ3) is 2.73. The zero-order valence-electron chi connectivity index (χ0n) is 15.2. The molecule has 27 heavy (non-hydrogen) atoms. The summed E-state index contributed by atoms with van der Waals surface area (Å²) in [4.78, 5) is 16.0. The van der Waals surface area contributed by atoms with Crippen molar-refractivity contribution in [2.75, 3.05) is 11.4 Å². The number of hydrogen-bond donors (Lipinski definition) is 0. The van der Waals surface area contributed by atoms with E-state index >= 15 is 0 Å². The van der Waals surface area contributed by atoms with Crippen LogP contribution >= 0.6 is 0 Å². The minimum Gasteiger partial charge on any atom is -0.349 e. The summed E-state index contributed by atoms with van der Waals surface area (Å²) in [5.74, 6) is 1.08. The summed E-state index contributed by atoms with van der Waals surface area (Å²) in [6.45, 7) is 3.03. The summed E-state index contributed by atoms with van der Waals surface area (Å²) >= 11 is 0. The predicted octanol–water partition coefficient (Wildman–Crippen LogP) is 3.84. The van der Waals surface area contributed by atoms with Gasteiger partial charge in [-0.3, -0.25) is 9.97 Å². The van der Waals surface area contributed by atoms with Gasteiger partial charge in [-0.1, -0.05) is 12.1 Å². The van der Waals surface area contributed by atoms with E-state index in [0.29, 0.717) is 6.04 Å². The SMILES string of the molecule is Cc1cc(N2CCCC2c2cccnc2)n2ncc(-c3ccccn3)c2n1. The number of aryl methyl sites for hydroxylation is 1. The van der Waals surface area contributed by atoms with Crippen LogP contribution in [-0.2, 0) is 0 Å². The van der Waals surface area contributed by atoms with E-state index in [0.717, 1.165) is 47.8 Å². The zero-order chi connectivity index (χ0) is 18.2. The summed E-state index contributed by atoms with van der Waals surface area (Å²) in [6, 6.07) is 12.5. The lowest BCUT2D eigenvalue weighted by Gasteiger charge is -2.27. The highest BCUT2D eigenvalue weighted by Crippen LogP contribution is 2.36. The Morgan fingerprint density at radius 1 is 1.07 bits per heavy atom. The monoisotopic (exact) mass is 356 g/mol. The highest BCUT2D eigenvalue weighted by atomic mass is 15.4. The quantitative estimate of drug-likeness (QED) is 0.558. The standard InChI is InChI=1S/C21H20N6/c1-15-12-20(26-11-5-8-19(26)16-6-4-9-22-13-16)27-21(25-15)17(14-24-27)18-7-2-3-10-23-18/h2-4,6-7,9-10,12-14,19H,5,8,11H2,1H3. The summed E-state index contributed by atoms with van der Waals surface area (Å²) in [5.41, 5.74) is 4.92. The van der Waals surface area contributed by atoms with E-state index in [-0.39, 0.29) is 0 Å². The van der Waals surface area contributed by atoms with Crippen LogP contribution < -0.4 is 4.90 Å². The van der Waals surface area contributed by atoms with Gasteiger partial charge in [0.2, 0.25) is 0 Å². The maximum absolute atomic E-state index is 4.76. The Bertz CT molecular complexity index is 1070. The van der Waals surface area contributed by atoms with E-state index in [9.17, 15) is 0 Å². The van der Waals surface area contributed by atoms with Gasteiger partial charge >= 0.3 is 0 Å². The smallest absolute Gasteiger partial charge is 0.167 e. The average Bonchev–Trinajstić information content (AvgIpc) is 3.36. The van der Waals surface area contributed by atoms with Crippen molar-refractivity contribution in [1.82, 2.24) is 24.6 Å². The highest BCUT2D eigenvalue weighted by molar-refractivity contribution is 5.76. The van der Waals surface area contributed by atoms with Gasteiger partial charge in [-0.05, 0) is 43.5 Å². The van der Waals surface area contributed by atoms with Crippen molar-refractivity contribution in [1.29, 1.82) is 0 Å². The number of fused-ring (bicyclic) bond motifs is 1. The Morgan fingerprint density at radius 3 is 2.85 bits per heavy atom. The Balaban J connectivity index is 1.64. The fourth-order valence-corrected chi connectivity index (χ4v) is 3.93. The third-order valence-electron chi connectivity index (χ3n) is 5.14. The molecule has 0 aromatic carbocycles. The molecule has 1 saturated heterocycles. The second-order valence-corrected chi connectivity index (χ2v) is 6.90. The van der Waals surface area contributed by atoms with Gasteiger partial charge in [0.05, 0.1) is 23.5 Å². The van der Waals surface area contributed by atoms with Crippen LogP contribution in [0.5, 0.6) is 0 Å². The van der Waals surface area contributed by atoms with Crippen LogP contribution in [-0.4, -0.2) is 31.1 Å². The molecule has 134 valence electrons. The molecule has 1 aliphatic rings. The summed E-state index contributed by atoms with van der Waals surface area (Å²) in [5, 5.41) is 4.67. The van der Waals surface area contributed by atoms with Crippen LogP contribution in [0.15, 0.2) is 61.2 Å². The van der Waals surface area contributed by atoms with E-state index in [1.165, 1.54) is 5.56 Å². The zero-order valence-corrected chi connectivity index (χ0v) is 15.2. The van der Waals surface area contributed by atoms with Gasteiger partial charge < -0.3 is 4.90 Å². The van der Waals surface area contributed by atoms with Crippen LogP contribution in [0.25, 0.3) is 16.9 Å². The predicted molar refractivity (Wildman–Crippen MR) is 105 cm³/mol. The number of pyridine rings is 2. The van der Waals surface area contributed by atoms with Gasteiger partial charge in [-0.25, -0.2) is 4.98 Å². The molecule has 0 spiro atoms. The largest absolute Gasteiger partial charge is 0.349 e. The lowest BCUT2D eigenvalue weighted by Crippen LogP contribution is -2.25. The molecule has 6 nitrogen and oxygen atoms in total. The highest BCUT2D eigenvalue weighted by Gasteiger charge is 2.29. The Kier molecular flexibility index (Phi) is 3.81. The molecule has 1 fully saturated rings. The normalized spacial score (nSPS) is 16.9. The van der Waals surface area contributed by atoms with Crippen molar-refractivity contribution in [2.24, 2.45) is 0 Å². The second-order valence-electron chi connectivity index (χ2n) is 6.90. The lowest BCUT2D eigenvalue weighted by molar-refractivity contribution is 0.694. The molecule has 0 radical (unpaired) electrons. The first-order valence-corrected chi connectivity index (χ1v) is 9.24. The van der Waals surface area contributed by atoms with Gasteiger partial charge in [0.25, 0.3) is 0 Å². The number of anilines is 1. The van der Waals surface area contributed by atoms with Gasteiger partial charge in [-0.15, -0.1) is 0 Å². The van der Waals surface area contributed by atoms with Gasteiger partial charge in [0.1, 0.15) is 5.82 Å². The van der Waals surface area contributed by atoms with Crippen molar-refractivity contribution < 1.29 is 0 Å². The second kappa shape index (κ2) is 6.46. The molecule has 5 heterocycles. The summed E-state index contributed by atoms with van der Waals surface area (Å²) < 4.78 is 1.95. The molecule has 0 N–H and O–H groups in total. The van der Waals surface area contributed by atoms with Crippen LogP contribution in [0.3, 0.4) is 0 Å². The van der Waals surface area contributed by atoms with Crippen molar-refractivity contribution in [3.8, 4) is 11.3 Å². The summed E-state index contributed by atoms with van der Waals surface area (Å²) in [7, 11) is 0. The van der Waals surface area contributed by atoms with Crippen LogP contribution in [0.4, 0.5) is 5.82 Å². The molecule has 0 bridgehead atoms. The van der Waals surface area contributed by atoms with E-state index in [4.69, 9.17) is 4.98 Å². The number of nitrogens with zero attached hydrogens (tertiary/aromatic N) is 6. The molecule has 6 heteroatoms. The van der Waals surface area contributed by atoms with Crippen molar-refractivity contribution in [3.05, 3.63) is 72.4 Å². The van der Waals surface area contributed by atoms with Gasteiger partial charge in [-0.2, -0.15) is 9.61 Å². The van der Waals surface area contributed by atoms with Crippen LogP contribution in [0.1, 0.15) is 30.1 Å².